The third-order valence-electron chi connectivity index (χ3n) is 5.67. The molecule has 0 bridgehead atoms. The maximum absolute atomic E-state index is 12.8. The van der Waals surface area contributed by atoms with Crippen molar-refractivity contribution in [1.29, 1.82) is 0 Å². The number of aryl methyl sites for hydroxylation is 1. The topological polar surface area (TPSA) is 115 Å². The van der Waals surface area contributed by atoms with Crippen molar-refractivity contribution in [3.8, 4) is 0 Å². The summed E-state index contributed by atoms with van der Waals surface area (Å²) in [5.41, 5.74) is 7.12. The number of likely N-dealkylation sites (tertiary alicyclic amines) is 1. The minimum absolute atomic E-state index is 0.130. The van der Waals surface area contributed by atoms with Crippen molar-refractivity contribution in [2.75, 3.05) is 45.2 Å². The molecule has 3 rings (SSSR count). The summed E-state index contributed by atoms with van der Waals surface area (Å²) in [6, 6.07) is 0. The second-order valence-electron chi connectivity index (χ2n) is 7.83. The fraction of sp³-hybridized carbons (Fsp3) is 0.650. The lowest BCUT2D eigenvalue weighted by Crippen LogP contribution is -3.14. The number of amides is 3. The van der Waals surface area contributed by atoms with Crippen LogP contribution in [0.1, 0.15) is 46.5 Å². The van der Waals surface area contributed by atoms with Gasteiger partial charge in [0.1, 0.15) is 5.00 Å². The highest BCUT2D eigenvalue weighted by molar-refractivity contribution is 7.17. The first kappa shape index (κ1) is 21.7. The number of hydrogen-bond donors (Lipinski definition) is 4. The molecule has 9 heteroatoms. The second-order valence-corrected chi connectivity index (χ2v) is 8.94. The van der Waals surface area contributed by atoms with E-state index in [-0.39, 0.29) is 30.2 Å². The summed E-state index contributed by atoms with van der Waals surface area (Å²) in [7, 11) is 1.59. The number of quaternary nitrogens is 1. The van der Waals surface area contributed by atoms with Gasteiger partial charge in [-0.3, -0.25) is 14.4 Å². The summed E-state index contributed by atoms with van der Waals surface area (Å²) in [6.45, 7) is 2.59. The lowest BCUT2D eigenvalue weighted by molar-refractivity contribution is -0.899. The first-order valence-electron chi connectivity index (χ1n) is 10.3. The van der Waals surface area contributed by atoms with Crippen LogP contribution >= 0.6 is 11.3 Å². The molecule has 160 valence electrons. The van der Waals surface area contributed by atoms with Crippen molar-refractivity contribution >= 4 is 34.1 Å². The van der Waals surface area contributed by atoms with Gasteiger partial charge >= 0.3 is 0 Å². The van der Waals surface area contributed by atoms with E-state index in [0.29, 0.717) is 30.3 Å². The molecule has 1 fully saturated rings. The number of nitrogens with one attached hydrogen (secondary N) is 3. The summed E-state index contributed by atoms with van der Waals surface area (Å²) in [5, 5.41) is 6.50. The molecule has 1 aromatic heterocycles. The van der Waals surface area contributed by atoms with Crippen LogP contribution in [0.25, 0.3) is 0 Å². The number of anilines is 1. The van der Waals surface area contributed by atoms with Crippen LogP contribution in [0.3, 0.4) is 0 Å². The lowest BCUT2D eigenvalue weighted by atomic mass is 9.95. The maximum Gasteiger partial charge on any atom is 0.280 e. The Bertz CT molecular complexity index is 764. The van der Waals surface area contributed by atoms with Gasteiger partial charge in [0.2, 0.25) is 5.91 Å². The SMILES string of the molecule is COCCNC(=O)c1c(NC(=O)C[NH+]2CCC[C@H](C(N)=O)C2)sc2c1CCCC2. The number of piperidine rings is 1. The van der Waals surface area contributed by atoms with E-state index in [1.54, 1.807) is 7.11 Å². The highest BCUT2D eigenvalue weighted by Gasteiger charge is 2.30. The van der Waals surface area contributed by atoms with Crippen LogP contribution < -0.4 is 21.3 Å². The molecule has 3 amide bonds. The number of primary amides is 1. The number of ether oxygens (including phenoxy) is 1. The van der Waals surface area contributed by atoms with Crippen molar-refractivity contribution in [3.63, 3.8) is 0 Å². The first-order valence-corrected chi connectivity index (χ1v) is 11.2. The van der Waals surface area contributed by atoms with Crippen molar-refractivity contribution in [2.45, 2.75) is 38.5 Å². The van der Waals surface area contributed by atoms with E-state index in [4.69, 9.17) is 10.5 Å². The van der Waals surface area contributed by atoms with Crippen molar-refractivity contribution in [2.24, 2.45) is 11.7 Å². The van der Waals surface area contributed by atoms with Crippen LogP contribution in [0.2, 0.25) is 0 Å². The zero-order valence-electron chi connectivity index (χ0n) is 17.0. The zero-order chi connectivity index (χ0) is 20.8. The van der Waals surface area contributed by atoms with Gasteiger partial charge in [0.05, 0.1) is 31.2 Å². The quantitative estimate of drug-likeness (QED) is 0.431. The molecule has 1 aromatic rings. The van der Waals surface area contributed by atoms with Gasteiger partial charge in [-0.05, 0) is 44.1 Å². The molecule has 1 unspecified atom stereocenters. The number of hydrogen-bond acceptors (Lipinski definition) is 5. The van der Waals surface area contributed by atoms with Gasteiger partial charge in [0, 0.05) is 18.5 Å². The Hall–Kier alpha value is -1.97. The minimum Gasteiger partial charge on any atom is -0.383 e. The van der Waals surface area contributed by atoms with Gasteiger partial charge in [0.25, 0.3) is 11.8 Å². The molecule has 2 aliphatic rings. The van der Waals surface area contributed by atoms with Crippen LogP contribution in [-0.4, -0.2) is 57.6 Å². The monoisotopic (exact) mass is 423 g/mol. The van der Waals surface area contributed by atoms with Gasteiger partial charge in [-0.15, -0.1) is 11.3 Å². The average molecular weight is 424 g/mol. The van der Waals surface area contributed by atoms with Crippen LogP contribution in [0.5, 0.6) is 0 Å². The molecular weight excluding hydrogens is 392 g/mol. The second kappa shape index (κ2) is 10.2. The standard InChI is InChI=1S/C20H30N4O4S/c1-28-10-8-22-19(27)17-14-6-2-3-7-15(14)29-20(17)23-16(25)12-24-9-4-5-13(11-24)18(21)26/h13H,2-12H2,1H3,(H2,21,26)(H,22,27)(H,23,25)/p+1/t13-/m0/s1. The number of rotatable bonds is 8. The Morgan fingerprint density at radius 2 is 2.03 bits per heavy atom. The molecule has 2 heterocycles. The van der Waals surface area contributed by atoms with E-state index in [2.05, 4.69) is 10.6 Å². The summed E-state index contributed by atoms with van der Waals surface area (Å²) in [4.78, 5) is 39.2. The van der Waals surface area contributed by atoms with Crippen LogP contribution in [0.4, 0.5) is 5.00 Å². The van der Waals surface area contributed by atoms with E-state index in [0.717, 1.165) is 55.5 Å². The van der Waals surface area contributed by atoms with E-state index >= 15 is 0 Å². The van der Waals surface area contributed by atoms with Crippen LogP contribution in [-0.2, 0) is 27.2 Å². The van der Waals surface area contributed by atoms with Crippen molar-refractivity contribution in [3.05, 3.63) is 16.0 Å². The van der Waals surface area contributed by atoms with E-state index in [1.165, 1.54) is 16.2 Å². The predicted octanol–water partition coefficient (Wildman–Crippen LogP) is -0.278. The summed E-state index contributed by atoms with van der Waals surface area (Å²) in [6.07, 6.45) is 5.67. The Morgan fingerprint density at radius 3 is 2.79 bits per heavy atom. The van der Waals surface area contributed by atoms with Crippen molar-refractivity contribution < 1.29 is 24.0 Å². The summed E-state index contributed by atoms with van der Waals surface area (Å²) in [5.74, 6) is -0.739. The molecule has 0 aromatic carbocycles. The van der Waals surface area contributed by atoms with Gasteiger partial charge in [0.15, 0.2) is 6.54 Å². The highest BCUT2D eigenvalue weighted by atomic mass is 32.1. The fourth-order valence-corrected chi connectivity index (χ4v) is 5.50. The molecule has 1 aliphatic carbocycles. The number of fused-ring (bicyclic) bond motifs is 1. The molecule has 29 heavy (non-hydrogen) atoms. The number of nitrogens with two attached hydrogens (primary N) is 1. The molecule has 2 atom stereocenters. The van der Waals surface area contributed by atoms with E-state index < -0.39 is 0 Å². The lowest BCUT2D eigenvalue weighted by Gasteiger charge is -2.27. The smallest absolute Gasteiger partial charge is 0.280 e. The van der Waals surface area contributed by atoms with Gasteiger partial charge < -0.3 is 26.0 Å². The number of carbonyl (C=O) groups is 3. The Labute approximate surface area is 175 Å². The molecule has 5 N–H and O–H groups in total. The predicted molar refractivity (Wildman–Crippen MR) is 111 cm³/mol. The molecule has 0 spiro atoms. The van der Waals surface area contributed by atoms with E-state index in [1.807, 2.05) is 0 Å². The fourth-order valence-electron chi connectivity index (χ4n) is 4.20. The molecule has 8 nitrogen and oxygen atoms in total. The summed E-state index contributed by atoms with van der Waals surface area (Å²) < 4.78 is 5.01. The third-order valence-corrected chi connectivity index (χ3v) is 6.88. The zero-order valence-corrected chi connectivity index (χ0v) is 17.8. The normalized spacial score (nSPS) is 21.3. The minimum atomic E-state index is -0.288. The van der Waals surface area contributed by atoms with E-state index in [9.17, 15) is 14.4 Å². The van der Waals surface area contributed by atoms with Gasteiger partial charge in [-0.1, -0.05) is 0 Å². The first-order chi connectivity index (χ1) is 14.0. The van der Waals surface area contributed by atoms with Crippen LogP contribution in [0, 0.1) is 5.92 Å². The number of carbonyl (C=O) groups excluding carboxylic acids is 3. The summed E-state index contributed by atoms with van der Waals surface area (Å²) >= 11 is 1.52. The van der Waals surface area contributed by atoms with Crippen molar-refractivity contribution in [1.82, 2.24) is 5.32 Å². The van der Waals surface area contributed by atoms with Gasteiger partial charge in [-0.2, -0.15) is 0 Å². The molecule has 1 aliphatic heterocycles. The van der Waals surface area contributed by atoms with Gasteiger partial charge in [-0.25, -0.2) is 0 Å². The molecule has 0 radical (unpaired) electrons. The Balaban J connectivity index is 1.69. The molecule has 1 saturated heterocycles. The Morgan fingerprint density at radius 1 is 1.24 bits per heavy atom. The largest absolute Gasteiger partial charge is 0.383 e. The number of methoxy groups -OCH3 is 1. The Kier molecular flexibility index (Phi) is 7.63. The maximum atomic E-state index is 12.8. The highest BCUT2D eigenvalue weighted by Crippen LogP contribution is 2.38. The molecular formula is C20H31N4O4S+. The average Bonchev–Trinajstić information content (AvgIpc) is 3.05. The van der Waals surface area contributed by atoms with Crippen LogP contribution in [0.15, 0.2) is 0 Å². The number of thiophene rings is 1. The molecule has 0 saturated carbocycles. The third kappa shape index (κ3) is 5.55.